The van der Waals surface area contributed by atoms with Gasteiger partial charge in [-0.2, -0.15) is 5.10 Å². The zero-order valence-corrected chi connectivity index (χ0v) is 13.6. The molecule has 0 spiro atoms. The Hall–Kier alpha value is -1.24. The average molecular weight is 293 g/mol. The molecule has 110 valence electrons. The molecule has 1 atom stereocenters. The molecule has 0 fully saturated rings. The first kappa shape index (κ1) is 15.2. The number of nitrogens with one attached hydrogen (secondary N) is 1. The van der Waals surface area contributed by atoms with Crippen molar-refractivity contribution in [1.29, 1.82) is 0 Å². The highest BCUT2D eigenvalue weighted by atomic mass is 28.3. The van der Waals surface area contributed by atoms with Crippen LogP contribution in [0.5, 0.6) is 0 Å². The minimum Gasteiger partial charge on any atom is -0.381 e. The van der Waals surface area contributed by atoms with Gasteiger partial charge in [0.05, 0.1) is 12.3 Å². The van der Waals surface area contributed by atoms with E-state index in [2.05, 4.69) is 34.8 Å². The summed E-state index contributed by atoms with van der Waals surface area (Å²) in [5.74, 6) is 0. The quantitative estimate of drug-likeness (QED) is 0.634. The van der Waals surface area contributed by atoms with Crippen LogP contribution in [0.4, 0.5) is 0 Å². The molecule has 0 aliphatic rings. The van der Waals surface area contributed by atoms with E-state index in [1.807, 2.05) is 12.1 Å². The van der Waals surface area contributed by atoms with Gasteiger partial charge in [-0.25, -0.2) is 4.98 Å². The lowest BCUT2D eigenvalue weighted by Gasteiger charge is -2.23. The molecule has 0 saturated heterocycles. The number of H-pyrrole nitrogens is 1. The maximum Gasteiger partial charge on any atom is 0.181 e. The van der Waals surface area contributed by atoms with Crippen LogP contribution in [0.2, 0.25) is 25.7 Å². The van der Waals surface area contributed by atoms with E-state index < -0.39 is 13.7 Å². The lowest BCUT2D eigenvalue weighted by Crippen LogP contribution is -2.30. The number of hydrogen-bond acceptors (Lipinski definition) is 4. The van der Waals surface area contributed by atoms with Gasteiger partial charge in [0.15, 0.2) is 5.65 Å². The fraction of sp³-hybridized carbons (Fsp3) is 0.571. The summed E-state index contributed by atoms with van der Waals surface area (Å²) in [5.41, 5.74) is 0.190. The van der Waals surface area contributed by atoms with Crippen molar-refractivity contribution in [3.05, 3.63) is 24.0 Å². The van der Waals surface area contributed by atoms with Crippen molar-refractivity contribution < 1.29 is 9.84 Å². The van der Waals surface area contributed by atoms with Crippen LogP contribution in [-0.2, 0) is 10.3 Å². The van der Waals surface area contributed by atoms with Gasteiger partial charge in [0, 0.05) is 26.3 Å². The molecule has 0 radical (unpaired) electrons. The maximum absolute atomic E-state index is 10.6. The van der Waals surface area contributed by atoms with E-state index in [1.54, 1.807) is 13.1 Å². The SMILES string of the molecule is CC(O)(COCC[Si](C)(C)C)c1[nH]nc2ncccc12. The molecule has 2 heterocycles. The Bertz CT molecular complexity index is 575. The number of fused-ring (bicyclic) bond motifs is 1. The topological polar surface area (TPSA) is 71.0 Å². The number of ether oxygens (including phenoxy) is 1. The first-order chi connectivity index (χ1) is 9.30. The lowest BCUT2D eigenvalue weighted by atomic mass is 10.0. The van der Waals surface area contributed by atoms with Crippen LogP contribution in [-0.4, -0.2) is 41.6 Å². The van der Waals surface area contributed by atoms with Gasteiger partial charge in [0.25, 0.3) is 0 Å². The molecule has 6 heteroatoms. The first-order valence-electron chi connectivity index (χ1n) is 6.89. The van der Waals surface area contributed by atoms with Crippen LogP contribution >= 0.6 is 0 Å². The van der Waals surface area contributed by atoms with Crippen molar-refractivity contribution in [2.24, 2.45) is 0 Å². The van der Waals surface area contributed by atoms with Gasteiger partial charge in [0.2, 0.25) is 0 Å². The minimum atomic E-state index is -1.10. The normalized spacial score (nSPS) is 15.4. The molecule has 1 unspecified atom stereocenters. The van der Waals surface area contributed by atoms with Crippen LogP contribution in [0.3, 0.4) is 0 Å². The molecule has 0 amide bonds. The molecule has 20 heavy (non-hydrogen) atoms. The largest absolute Gasteiger partial charge is 0.381 e. The molecule has 0 aromatic carbocycles. The second kappa shape index (κ2) is 5.63. The highest BCUT2D eigenvalue weighted by Gasteiger charge is 2.28. The molecular formula is C14H23N3O2Si. The van der Waals surface area contributed by atoms with E-state index in [0.717, 1.165) is 11.4 Å². The summed E-state index contributed by atoms with van der Waals surface area (Å²) in [6.07, 6.45) is 1.69. The third kappa shape index (κ3) is 3.65. The molecule has 0 aliphatic heterocycles. The summed E-state index contributed by atoms with van der Waals surface area (Å²) < 4.78 is 5.66. The molecule has 0 aliphatic carbocycles. The van der Waals surface area contributed by atoms with E-state index in [0.29, 0.717) is 17.9 Å². The van der Waals surface area contributed by atoms with Crippen molar-refractivity contribution >= 4 is 19.1 Å². The van der Waals surface area contributed by atoms with Crippen LogP contribution < -0.4 is 0 Å². The van der Waals surface area contributed by atoms with Gasteiger partial charge in [-0.05, 0) is 25.1 Å². The van der Waals surface area contributed by atoms with Crippen molar-refractivity contribution in [2.45, 2.75) is 38.2 Å². The molecule has 0 bridgehead atoms. The summed E-state index contributed by atoms with van der Waals surface area (Å²) in [5, 5.41) is 18.4. The van der Waals surface area contributed by atoms with E-state index >= 15 is 0 Å². The second-order valence-corrected chi connectivity index (χ2v) is 12.2. The number of pyridine rings is 1. The van der Waals surface area contributed by atoms with Crippen molar-refractivity contribution in [3.63, 3.8) is 0 Å². The Labute approximate surface area is 120 Å². The highest BCUT2D eigenvalue weighted by molar-refractivity contribution is 6.76. The fourth-order valence-electron chi connectivity index (χ4n) is 1.98. The van der Waals surface area contributed by atoms with Crippen LogP contribution in [0.1, 0.15) is 12.6 Å². The monoisotopic (exact) mass is 293 g/mol. The van der Waals surface area contributed by atoms with Crippen molar-refractivity contribution in [1.82, 2.24) is 15.2 Å². The standard InChI is InChI=1S/C14H23N3O2Si/c1-14(18,10-19-8-9-20(2,3)4)12-11-6-5-7-15-13(11)17-16-12/h5-7,18H,8-10H2,1-4H3,(H,15,16,17). The Morgan fingerprint density at radius 3 is 2.85 bits per heavy atom. The third-order valence-electron chi connectivity index (χ3n) is 3.25. The predicted molar refractivity (Wildman–Crippen MR) is 82.4 cm³/mol. The predicted octanol–water partition coefficient (Wildman–Crippen LogP) is 2.52. The van der Waals surface area contributed by atoms with Crippen LogP contribution in [0.25, 0.3) is 11.0 Å². The fourth-order valence-corrected chi connectivity index (χ4v) is 2.74. The van der Waals surface area contributed by atoms with Crippen LogP contribution in [0.15, 0.2) is 18.3 Å². The van der Waals surface area contributed by atoms with Gasteiger partial charge in [0.1, 0.15) is 5.60 Å². The van der Waals surface area contributed by atoms with Gasteiger partial charge in [-0.15, -0.1) is 0 Å². The number of aromatic nitrogens is 3. The molecule has 2 N–H and O–H groups in total. The number of nitrogens with zero attached hydrogens (tertiary/aromatic N) is 2. The maximum atomic E-state index is 10.6. The first-order valence-corrected chi connectivity index (χ1v) is 10.6. The molecule has 2 aromatic rings. The Kier molecular flexibility index (Phi) is 4.27. The van der Waals surface area contributed by atoms with E-state index in [4.69, 9.17) is 4.74 Å². The summed E-state index contributed by atoms with van der Waals surface area (Å²) in [4.78, 5) is 4.16. The van der Waals surface area contributed by atoms with Gasteiger partial charge >= 0.3 is 0 Å². The summed E-state index contributed by atoms with van der Waals surface area (Å²) in [6.45, 7) is 9.61. The zero-order valence-electron chi connectivity index (χ0n) is 12.6. The Morgan fingerprint density at radius 2 is 2.15 bits per heavy atom. The Morgan fingerprint density at radius 1 is 1.40 bits per heavy atom. The molecule has 5 nitrogen and oxygen atoms in total. The Balaban J connectivity index is 2.03. The second-order valence-electron chi connectivity index (χ2n) is 6.61. The van der Waals surface area contributed by atoms with Gasteiger partial charge in [-0.1, -0.05) is 19.6 Å². The number of rotatable bonds is 6. The third-order valence-corrected chi connectivity index (χ3v) is 4.95. The van der Waals surface area contributed by atoms with Crippen molar-refractivity contribution in [3.8, 4) is 0 Å². The minimum absolute atomic E-state index is 0.254. The summed E-state index contributed by atoms with van der Waals surface area (Å²) in [6, 6.07) is 4.83. The van der Waals surface area contributed by atoms with Gasteiger partial charge < -0.3 is 9.84 Å². The summed E-state index contributed by atoms with van der Waals surface area (Å²) >= 11 is 0. The highest BCUT2D eigenvalue weighted by Crippen LogP contribution is 2.25. The smallest absolute Gasteiger partial charge is 0.181 e. The van der Waals surface area contributed by atoms with E-state index in [-0.39, 0.29) is 6.61 Å². The van der Waals surface area contributed by atoms with Crippen LogP contribution in [0, 0.1) is 0 Å². The van der Waals surface area contributed by atoms with Crippen molar-refractivity contribution in [2.75, 3.05) is 13.2 Å². The molecule has 2 aromatic heterocycles. The molecule has 2 rings (SSSR count). The number of hydrogen-bond donors (Lipinski definition) is 2. The lowest BCUT2D eigenvalue weighted by molar-refractivity contribution is -0.0364. The van der Waals surface area contributed by atoms with E-state index in [9.17, 15) is 5.11 Å². The zero-order chi connectivity index (χ0) is 14.8. The van der Waals surface area contributed by atoms with E-state index in [1.165, 1.54) is 0 Å². The average Bonchev–Trinajstić information content (AvgIpc) is 2.78. The molecular weight excluding hydrogens is 270 g/mol. The number of aliphatic hydroxyl groups is 1. The summed E-state index contributed by atoms with van der Waals surface area (Å²) in [7, 11) is -1.10. The number of aromatic amines is 1. The molecule has 0 saturated carbocycles. The van der Waals surface area contributed by atoms with Gasteiger partial charge in [-0.3, -0.25) is 5.10 Å².